The average molecular weight is 290 g/mol. The summed E-state index contributed by atoms with van der Waals surface area (Å²) in [6.07, 6.45) is 3.10. The summed E-state index contributed by atoms with van der Waals surface area (Å²) in [5, 5.41) is 2.88. The number of aromatic nitrogens is 2. The molecule has 0 radical (unpaired) electrons. The highest BCUT2D eigenvalue weighted by molar-refractivity contribution is 7.98. The Morgan fingerprint density at radius 3 is 2.83 bits per heavy atom. The molecule has 0 bridgehead atoms. The number of hydrogen-bond acceptors (Lipinski definition) is 6. The molecular formula is C10H12ClN3O3S. The fourth-order valence-electron chi connectivity index (χ4n) is 1.08. The van der Waals surface area contributed by atoms with Gasteiger partial charge in [0.1, 0.15) is 11.4 Å². The lowest BCUT2D eigenvalue weighted by molar-refractivity contribution is -0.113. The normalized spacial score (nSPS) is 9.94. The number of halogens is 1. The minimum atomic E-state index is -0.588. The smallest absolute Gasteiger partial charge is 0.343 e. The first kappa shape index (κ1) is 14.7. The van der Waals surface area contributed by atoms with Crippen molar-refractivity contribution in [3.05, 3.63) is 11.8 Å². The Kier molecular flexibility index (Phi) is 5.87. The van der Waals surface area contributed by atoms with Crippen LogP contribution in [0.4, 0.5) is 5.82 Å². The van der Waals surface area contributed by atoms with Gasteiger partial charge in [-0.25, -0.2) is 14.8 Å². The summed E-state index contributed by atoms with van der Waals surface area (Å²) in [5.41, 5.74) is 0.105. The lowest BCUT2D eigenvalue weighted by Crippen LogP contribution is -2.18. The molecule has 1 heterocycles. The van der Waals surface area contributed by atoms with Gasteiger partial charge in [-0.3, -0.25) is 4.79 Å². The Bertz CT molecular complexity index is 456. The molecule has 18 heavy (non-hydrogen) atoms. The lowest BCUT2D eigenvalue weighted by Gasteiger charge is -2.09. The molecule has 0 saturated carbocycles. The Morgan fingerprint density at radius 1 is 1.56 bits per heavy atom. The summed E-state index contributed by atoms with van der Waals surface area (Å²) in [6.45, 7) is 1.91. The highest BCUT2D eigenvalue weighted by atomic mass is 35.5. The van der Waals surface area contributed by atoms with Crippen LogP contribution in [0.25, 0.3) is 0 Å². The minimum Gasteiger partial charge on any atom is -0.462 e. The van der Waals surface area contributed by atoms with Crippen LogP contribution in [0.15, 0.2) is 11.4 Å². The van der Waals surface area contributed by atoms with Gasteiger partial charge in [-0.15, -0.1) is 11.6 Å². The summed E-state index contributed by atoms with van der Waals surface area (Å²) in [5.74, 6) is -1.15. The van der Waals surface area contributed by atoms with Crippen molar-refractivity contribution < 1.29 is 14.3 Å². The summed E-state index contributed by atoms with van der Waals surface area (Å²) in [7, 11) is 0. The number of anilines is 1. The molecule has 0 atom stereocenters. The van der Waals surface area contributed by atoms with Crippen molar-refractivity contribution in [1.29, 1.82) is 0 Å². The van der Waals surface area contributed by atoms with Crippen molar-refractivity contribution in [3.63, 3.8) is 0 Å². The van der Waals surface area contributed by atoms with Crippen LogP contribution < -0.4 is 5.32 Å². The fourth-order valence-corrected chi connectivity index (χ4v) is 1.49. The molecule has 0 aliphatic carbocycles. The number of rotatable bonds is 5. The Morgan fingerprint density at radius 2 is 2.28 bits per heavy atom. The number of carbonyl (C=O) groups is 2. The van der Waals surface area contributed by atoms with Crippen molar-refractivity contribution in [2.24, 2.45) is 0 Å². The third kappa shape index (κ3) is 3.85. The summed E-state index contributed by atoms with van der Waals surface area (Å²) in [6, 6.07) is 0. The van der Waals surface area contributed by atoms with E-state index in [0.29, 0.717) is 5.16 Å². The number of esters is 1. The maximum Gasteiger partial charge on any atom is 0.343 e. The number of carbonyl (C=O) groups excluding carboxylic acids is 2. The molecule has 0 saturated heterocycles. The highest BCUT2D eigenvalue weighted by Crippen LogP contribution is 2.17. The molecule has 98 valence electrons. The second-order valence-electron chi connectivity index (χ2n) is 3.02. The fraction of sp³-hybridized carbons (Fsp3) is 0.400. The molecule has 0 aliphatic heterocycles. The first-order valence-corrected chi connectivity index (χ1v) is 6.82. The molecule has 1 aromatic rings. The highest BCUT2D eigenvalue weighted by Gasteiger charge is 2.17. The second-order valence-corrected chi connectivity index (χ2v) is 4.06. The average Bonchev–Trinajstić information content (AvgIpc) is 2.38. The van der Waals surface area contributed by atoms with Crippen LogP contribution in [-0.4, -0.2) is 40.6 Å². The number of thioether (sulfide) groups is 1. The van der Waals surface area contributed by atoms with E-state index in [2.05, 4.69) is 15.3 Å². The molecule has 0 aliphatic rings. The Hall–Kier alpha value is -1.34. The van der Waals surface area contributed by atoms with Crippen LogP contribution in [0.5, 0.6) is 0 Å². The van der Waals surface area contributed by atoms with E-state index in [0.717, 1.165) is 0 Å². The third-order valence-corrected chi connectivity index (χ3v) is 2.63. The number of hydrogen-bond donors (Lipinski definition) is 1. The van der Waals surface area contributed by atoms with E-state index >= 15 is 0 Å². The van der Waals surface area contributed by atoms with Crippen LogP contribution in [0.2, 0.25) is 0 Å². The molecule has 8 heteroatoms. The first-order valence-electron chi connectivity index (χ1n) is 5.06. The number of ether oxygens (including phenoxy) is 1. The van der Waals surface area contributed by atoms with Crippen molar-refractivity contribution in [2.75, 3.05) is 24.1 Å². The summed E-state index contributed by atoms with van der Waals surface area (Å²) >= 11 is 6.68. The van der Waals surface area contributed by atoms with E-state index in [1.54, 1.807) is 13.2 Å². The zero-order valence-corrected chi connectivity index (χ0v) is 11.5. The van der Waals surface area contributed by atoms with Gasteiger partial charge in [-0.2, -0.15) is 0 Å². The van der Waals surface area contributed by atoms with Crippen molar-refractivity contribution in [2.45, 2.75) is 12.1 Å². The molecular weight excluding hydrogens is 278 g/mol. The van der Waals surface area contributed by atoms with Gasteiger partial charge in [-0.1, -0.05) is 11.8 Å². The van der Waals surface area contributed by atoms with Crippen LogP contribution >= 0.6 is 23.4 Å². The number of alkyl halides is 1. The van der Waals surface area contributed by atoms with Gasteiger partial charge in [0.15, 0.2) is 11.0 Å². The number of nitrogens with one attached hydrogen (secondary N) is 1. The monoisotopic (exact) mass is 289 g/mol. The van der Waals surface area contributed by atoms with E-state index in [1.807, 2.05) is 0 Å². The zero-order chi connectivity index (χ0) is 13.5. The van der Waals surface area contributed by atoms with Crippen molar-refractivity contribution in [1.82, 2.24) is 9.97 Å². The quantitative estimate of drug-likeness (QED) is 0.383. The zero-order valence-electron chi connectivity index (χ0n) is 9.90. The van der Waals surface area contributed by atoms with Crippen LogP contribution in [0.3, 0.4) is 0 Å². The molecule has 1 N–H and O–H groups in total. The first-order chi connectivity index (χ1) is 8.62. The van der Waals surface area contributed by atoms with Crippen LogP contribution in [0, 0.1) is 0 Å². The topological polar surface area (TPSA) is 81.2 Å². The van der Waals surface area contributed by atoms with E-state index in [4.69, 9.17) is 16.3 Å². The van der Waals surface area contributed by atoms with E-state index in [-0.39, 0.29) is 23.9 Å². The molecule has 0 aromatic carbocycles. The van der Waals surface area contributed by atoms with Crippen LogP contribution in [-0.2, 0) is 9.53 Å². The van der Waals surface area contributed by atoms with Gasteiger partial charge >= 0.3 is 5.97 Å². The molecule has 0 spiro atoms. The molecule has 6 nitrogen and oxygen atoms in total. The largest absolute Gasteiger partial charge is 0.462 e. The number of amides is 1. The third-order valence-electron chi connectivity index (χ3n) is 1.82. The second kappa shape index (κ2) is 7.17. The predicted molar refractivity (Wildman–Crippen MR) is 69.1 cm³/mol. The summed E-state index contributed by atoms with van der Waals surface area (Å²) in [4.78, 5) is 30.9. The van der Waals surface area contributed by atoms with Crippen molar-refractivity contribution in [3.8, 4) is 0 Å². The van der Waals surface area contributed by atoms with Gasteiger partial charge in [-0.05, 0) is 13.2 Å². The molecule has 1 rings (SSSR count). The SMILES string of the molecule is CCOC(=O)c1cnc(SC)nc1NC(=O)CCl. The Labute approximate surface area is 113 Å². The minimum absolute atomic E-state index is 0.105. The standard InChI is InChI=1S/C10H12ClN3O3S/c1-3-17-9(16)6-5-12-10(18-2)14-8(6)13-7(15)4-11/h5H,3-4H2,1-2H3,(H,12,13,14,15). The maximum atomic E-state index is 11.6. The van der Waals surface area contributed by atoms with E-state index < -0.39 is 11.9 Å². The van der Waals surface area contributed by atoms with Gasteiger partial charge < -0.3 is 10.1 Å². The number of nitrogens with zero attached hydrogens (tertiary/aromatic N) is 2. The van der Waals surface area contributed by atoms with E-state index in [9.17, 15) is 9.59 Å². The lowest BCUT2D eigenvalue weighted by atomic mass is 10.3. The maximum absolute atomic E-state index is 11.6. The van der Waals surface area contributed by atoms with Gasteiger partial charge in [0, 0.05) is 6.20 Å². The van der Waals surface area contributed by atoms with Gasteiger partial charge in [0.25, 0.3) is 0 Å². The predicted octanol–water partition coefficient (Wildman–Crippen LogP) is 1.55. The summed E-state index contributed by atoms with van der Waals surface area (Å²) < 4.78 is 4.85. The molecule has 1 aromatic heterocycles. The molecule has 1 amide bonds. The van der Waals surface area contributed by atoms with E-state index in [1.165, 1.54) is 18.0 Å². The van der Waals surface area contributed by atoms with Crippen LogP contribution in [0.1, 0.15) is 17.3 Å². The van der Waals surface area contributed by atoms with Gasteiger partial charge in [0.2, 0.25) is 5.91 Å². The van der Waals surface area contributed by atoms with Crippen molar-refractivity contribution >= 4 is 41.1 Å². The van der Waals surface area contributed by atoms with Gasteiger partial charge in [0.05, 0.1) is 6.61 Å². The Balaban J connectivity index is 3.07. The molecule has 0 unspecified atom stereocenters. The molecule has 0 fully saturated rings.